The van der Waals surface area contributed by atoms with Gasteiger partial charge in [-0.15, -0.1) is 0 Å². The SMILES string of the molecule is CNCC1(c2ccc3c4cnccc4n(C)c3c2)CC1. The van der Waals surface area contributed by atoms with Crippen LogP contribution in [0.4, 0.5) is 0 Å². The van der Waals surface area contributed by atoms with E-state index in [0.717, 1.165) is 6.54 Å². The summed E-state index contributed by atoms with van der Waals surface area (Å²) in [5.41, 5.74) is 4.41. The fraction of sp³-hybridized carbons (Fsp3) is 0.353. The second-order valence-corrected chi connectivity index (χ2v) is 5.99. The van der Waals surface area contributed by atoms with Crippen LogP contribution in [0.1, 0.15) is 18.4 Å². The summed E-state index contributed by atoms with van der Waals surface area (Å²) in [4.78, 5) is 4.27. The number of benzene rings is 1. The summed E-state index contributed by atoms with van der Waals surface area (Å²) in [5, 5.41) is 5.89. The lowest BCUT2D eigenvalue weighted by molar-refractivity contribution is 0.625. The number of nitrogens with one attached hydrogen (secondary N) is 1. The van der Waals surface area contributed by atoms with Crippen molar-refractivity contribution in [1.82, 2.24) is 14.9 Å². The first-order valence-corrected chi connectivity index (χ1v) is 7.22. The van der Waals surface area contributed by atoms with Gasteiger partial charge in [0.1, 0.15) is 0 Å². The van der Waals surface area contributed by atoms with E-state index in [2.05, 4.69) is 46.2 Å². The van der Waals surface area contributed by atoms with E-state index in [0.29, 0.717) is 5.41 Å². The van der Waals surface area contributed by atoms with Crippen molar-refractivity contribution >= 4 is 21.8 Å². The van der Waals surface area contributed by atoms with Crippen LogP contribution in [0.15, 0.2) is 36.7 Å². The van der Waals surface area contributed by atoms with Crippen LogP contribution in [-0.4, -0.2) is 23.1 Å². The van der Waals surface area contributed by atoms with Crippen molar-refractivity contribution in [2.24, 2.45) is 7.05 Å². The van der Waals surface area contributed by atoms with Gasteiger partial charge in [-0.1, -0.05) is 12.1 Å². The monoisotopic (exact) mass is 265 g/mol. The van der Waals surface area contributed by atoms with Gasteiger partial charge in [-0.05, 0) is 37.6 Å². The van der Waals surface area contributed by atoms with Gasteiger partial charge in [-0.2, -0.15) is 0 Å². The van der Waals surface area contributed by atoms with Crippen molar-refractivity contribution in [3.63, 3.8) is 0 Å². The van der Waals surface area contributed by atoms with Crippen LogP contribution in [0.3, 0.4) is 0 Å². The molecule has 102 valence electrons. The lowest BCUT2D eigenvalue weighted by Gasteiger charge is -2.15. The molecule has 3 heteroatoms. The fourth-order valence-electron chi connectivity index (χ4n) is 3.44. The van der Waals surface area contributed by atoms with Gasteiger partial charge in [-0.25, -0.2) is 0 Å². The maximum absolute atomic E-state index is 4.27. The first kappa shape index (κ1) is 11.9. The lowest BCUT2D eigenvalue weighted by Crippen LogP contribution is -2.23. The molecule has 20 heavy (non-hydrogen) atoms. The van der Waals surface area contributed by atoms with Gasteiger partial charge in [-0.3, -0.25) is 4.98 Å². The molecule has 2 aromatic heterocycles. The van der Waals surface area contributed by atoms with E-state index in [1.807, 2.05) is 19.4 Å². The van der Waals surface area contributed by atoms with Crippen LogP contribution >= 0.6 is 0 Å². The Morgan fingerprint density at radius 3 is 2.80 bits per heavy atom. The Hall–Kier alpha value is -1.87. The summed E-state index contributed by atoms with van der Waals surface area (Å²) in [7, 11) is 4.19. The third-order valence-corrected chi connectivity index (χ3v) is 4.79. The first-order chi connectivity index (χ1) is 9.75. The minimum Gasteiger partial charge on any atom is -0.344 e. The number of pyridine rings is 1. The molecule has 1 aromatic carbocycles. The van der Waals surface area contributed by atoms with Crippen molar-refractivity contribution in [3.8, 4) is 0 Å². The molecule has 0 radical (unpaired) electrons. The molecule has 1 aliphatic rings. The van der Waals surface area contributed by atoms with Crippen LogP contribution in [0.25, 0.3) is 21.8 Å². The average molecular weight is 265 g/mol. The summed E-state index contributed by atoms with van der Waals surface area (Å²) >= 11 is 0. The molecule has 1 fully saturated rings. The molecule has 0 atom stereocenters. The Morgan fingerprint density at radius 1 is 1.20 bits per heavy atom. The predicted octanol–water partition coefficient (Wildman–Crippen LogP) is 2.98. The van der Waals surface area contributed by atoms with E-state index in [1.165, 1.54) is 40.2 Å². The highest BCUT2D eigenvalue weighted by Gasteiger charge is 2.43. The largest absolute Gasteiger partial charge is 0.344 e. The van der Waals surface area contributed by atoms with E-state index in [9.17, 15) is 0 Å². The lowest BCUT2D eigenvalue weighted by atomic mass is 9.95. The van der Waals surface area contributed by atoms with E-state index < -0.39 is 0 Å². The van der Waals surface area contributed by atoms with Gasteiger partial charge in [0.15, 0.2) is 0 Å². The summed E-state index contributed by atoms with van der Waals surface area (Å²) in [6.07, 6.45) is 6.43. The van der Waals surface area contributed by atoms with Crippen LogP contribution in [-0.2, 0) is 12.5 Å². The zero-order chi connectivity index (χ0) is 13.7. The number of rotatable bonds is 3. The van der Waals surface area contributed by atoms with Crippen LogP contribution in [0.5, 0.6) is 0 Å². The molecule has 4 rings (SSSR count). The Bertz CT molecular complexity index is 796. The van der Waals surface area contributed by atoms with Crippen molar-refractivity contribution in [2.45, 2.75) is 18.3 Å². The first-order valence-electron chi connectivity index (χ1n) is 7.22. The van der Waals surface area contributed by atoms with Crippen LogP contribution in [0.2, 0.25) is 0 Å². The number of aryl methyl sites for hydroxylation is 1. The minimum absolute atomic E-state index is 0.373. The number of nitrogens with zero attached hydrogens (tertiary/aromatic N) is 2. The third-order valence-electron chi connectivity index (χ3n) is 4.79. The summed E-state index contributed by atoms with van der Waals surface area (Å²) in [5.74, 6) is 0. The molecule has 1 saturated carbocycles. The summed E-state index contributed by atoms with van der Waals surface area (Å²) in [6, 6.07) is 9.04. The zero-order valence-electron chi connectivity index (χ0n) is 12.0. The third kappa shape index (κ3) is 1.53. The van der Waals surface area contributed by atoms with Crippen molar-refractivity contribution in [2.75, 3.05) is 13.6 Å². The summed E-state index contributed by atoms with van der Waals surface area (Å²) in [6.45, 7) is 1.07. The highest BCUT2D eigenvalue weighted by molar-refractivity contribution is 6.07. The Morgan fingerprint density at radius 2 is 2.05 bits per heavy atom. The van der Waals surface area contributed by atoms with Gasteiger partial charge in [0.25, 0.3) is 0 Å². The van der Waals surface area contributed by atoms with Crippen LogP contribution in [0, 0.1) is 0 Å². The van der Waals surface area contributed by atoms with Crippen molar-refractivity contribution in [1.29, 1.82) is 0 Å². The number of hydrogen-bond acceptors (Lipinski definition) is 2. The second kappa shape index (κ2) is 4.06. The zero-order valence-corrected chi connectivity index (χ0v) is 12.0. The van der Waals surface area contributed by atoms with Crippen molar-refractivity contribution in [3.05, 3.63) is 42.2 Å². The van der Waals surface area contributed by atoms with Crippen molar-refractivity contribution < 1.29 is 0 Å². The van der Waals surface area contributed by atoms with Gasteiger partial charge in [0.05, 0.1) is 5.52 Å². The van der Waals surface area contributed by atoms with E-state index in [1.54, 1.807) is 0 Å². The van der Waals surface area contributed by atoms with Gasteiger partial charge >= 0.3 is 0 Å². The maximum atomic E-state index is 4.27. The quantitative estimate of drug-likeness (QED) is 0.789. The molecule has 0 spiro atoms. The average Bonchev–Trinajstić information content (AvgIpc) is 3.22. The molecular weight excluding hydrogens is 246 g/mol. The topological polar surface area (TPSA) is 29.9 Å². The molecule has 2 heterocycles. The molecular formula is C17H19N3. The molecule has 1 aliphatic carbocycles. The highest BCUT2D eigenvalue weighted by atomic mass is 14.9. The second-order valence-electron chi connectivity index (χ2n) is 5.99. The highest BCUT2D eigenvalue weighted by Crippen LogP contribution is 2.48. The molecule has 3 aromatic rings. The van der Waals surface area contributed by atoms with Crippen LogP contribution < -0.4 is 5.32 Å². The standard InChI is InChI=1S/C17H19N3/c1-18-11-17(6-7-17)12-3-4-13-14-10-19-8-5-15(14)20(2)16(13)9-12/h3-5,8-10,18H,6-7,11H2,1-2H3. The minimum atomic E-state index is 0.373. The van der Waals surface area contributed by atoms with E-state index >= 15 is 0 Å². The van der Waals surface area contributed by atoms with E-state index in [-0.39, 0.29) is 0 Å². The van der Waals surface area contributed by atoms with E-state index in [4.69, 9.17) is 0 Å². The molecule has 0 unspecified atom stereocenters. The predicted molar refractivity (Wildman–Crippen MR) is 83.1 cm³/mol. The Labute approximate surface area is 118 Å². The molecule has 1 N–H and O–H groups in total. The van der Waals surface area contributed by atoms with Gasteiger partial charge in [0, 0.05) is 47.7 Å². The van der Waals surface area contributed by atoms with Gasteiger partial charge < -0.3 is 9.88 Å². The number of hydrogen-bond donors (Lipinski definition) is 1. The maximum Gasteiger partial charge on any atom is 0.0519 e. The molecule has 0 bridgehead atoms. The molecule has 0 saturated heterocycles. The molecule has 0 aliphatic heterocycles. The molecule has 3 nitrogen and oxygen atoms in total. The number of aromatic nitrogens is 2. The number of fused-ring (bicyclic) bond motifs is 3. The molecule has 0 amide bonds. The fourth-order valence-corrected chi connectivity index (χ4v) is 3.44. The normalized spacial score (nSPS) is 16.9. The smallest absolute Gasteiger partial charge is 0.0519 e. The summed E-state index contributed by atoms with van der Waals surface area (Å²) < 4.78 is 2.28. The Balaban J connectivity index is 1.96. The number of likely N-dealkylation sites (N-methyl/N-ethyl adjacent to an activating group) is 1. The van der Waals surface area contributed by atoms with Gasteiger partial charge in [0.2, 0.25) is 0 Å². The Kier molecular flexibility index (Phi) is 2.42.